The van der Waals surface area contributed by atoms with Gasteiger partial charge in [-0.1, -0.05) is 60.1 Å². The van der Waals surface area contributed by atoms with Crippen molar-refractivity contribution in [1.29, 1.82) is 0 Å². The first-order valence-corrected chi connectivity index (χ1v) is 14.4. The normalized spacial score (nSPS) is 13.6. The number of aryl methyl sites for hydroxylation is 1. The molecule has 1 atom stereocenters. The summed E-state index contributed by atoms with van der Waals surface area (Å²) < 4.78 is 33.4. The molecule has 0 bridgehead atoms. The predicted octanol–water partition coefficient (Wildman–Crippen LogP) is 4.96. The number of carboxylic acids is 1. The van der Waals surface area contributed by atoms with Crippen LogP contribution in [-0.4, -0.2) is 43.9 Å². The van der Waals surface area contributed by atoms with Crippen molar-refractivity contribution < 1.29 is 28.2 Å². The van der Waals surface area contributed by atoms with E-state index in [4.69, 9.17) is 9.84 Å². The number of aliphatic hydroxyl groups excluding tert-OH is 1. The maximum Gasteiger partial charge on any atom is 0.318 e. The van der Waals surface area contributed by atoms with E-state index in [0.29, 0.717) is 0 Å². The third-order valence-corrected chi connectivity index (χ3v) is 9.65. The number of rotatable bonds is 13. The summed E-state index contributed by atoms with van der Waals surface area (Å²) in [6, 6.07) is 9.50. The SMILES string of the molecule is CCCc1cc(C(CC)(CC)c2ccc(S(=O)(=O)NCC(=O)O)s2)ccc1OCC(O)C(C)(C)C. The number of nitrogens with one attached hydrogen (secondary N) is 1. The maximum absolute atomic E-state index is 12.6. The standard InChI is InChI=1S/C26H39NO6S2/c1-7-10-18-15-19(11-12-20(18)33-17-21(28)25(4,5)6)26(8-2,9-3)22-13-14-24(34-22)35(31,32)27-16-23(29)30/h11-15,21,27-28H,7-10,16-17H2,1-6H3,(H,29,30). The molecule has 0 amide bonds. The molecule has 1 aromatic carbocycles. The van der Waals surface area contributed by atoms with Crippen molar-refractivity contribution in [3.63, 3.8) is 0 Å². The highest BCUT2D eigenvalue weighted by Gasteiger charge is 2.34. The van der Waals surface area contributed by atoms with Gasteiger partial charge in [-0.3, -0.25) is 4.79 Å². The van der Waals surface area contributed by atoms with Gasteiger partial charge in [-0.25, -0.2) is 8.42 Å². The maximum atomic E-state index is 12.6. The molecule has 2 rings (SSSR count). The van der Waals surface area contributed by atoms with E-state index in [0.717, 1.165) is 47.4 Å². The van der Waals surface area contributed by atoms with Crippen LogP contribution in [0.25, 0.3) is 0 Å². The van der Waals surface area contributed by atoms with Crippen LogP contribution in [0.4, 0.5) is 0 Å². The van der Waals surface area contributed by atoms with Gasteiger partial charge >= 0.3 is 5.97 Å². The summed E-state index contributed by atoms with van der Waals surface area (Å²) in [7, 11) is -3.90. The number of aliphatic carboxylic acids is 1. The number of ether oxygens (including phenoxy) is 1. The molecule has 0 aliphatic carbocycles. The number of carboxylic acid groups (broad SMARTS) is 1. The van der Waals surface area contributed by atoms with E-state index in [1.807, 2.05) is 39.0 Å². The molecule has 9 heteroatoms. The van der Waals surface area contributed by atoms with Crippen LogP contribution >= 0.6 is 11.3 Å². The Morgan fingerprint density at radius 3 is 2.31 bits per heavy atom. The molecule has 0 fully saturated rings. The Labute approximate surface area is 213 Å². The van der Waals surface area contributed by atoms with Gasteiger partial charge in [-0.2, -0.15) is 4.72 Å². The number of benzene rings is 1. The van der Waals surface area contributed by atoms with Crippen molar-refractivity contribution in [2.24, 2.45) is 5.41 Å². The lowest BCUT2D eigenvalue weighted by atomic mass is 9.74. The molecule has 0 aliphatic rings. The molecule has 35 heavy (non-hydrogen) atoms. The minimum Gasteiger partial charge on any atom is -0.491 e. The van der Waals surface area contributed by atoms with Gasteiger partial charge in [0.05, 0.1) is 6.10 Å². The largest absolute Gasteiger partial charge is 0.491 e. The van der Waals surface area contributed by atoms with Gasteiger partial charge in [-0.15, -0.1) is 11.3 Å². The molecule has 3 N–H and O–H groups in total. The van der Waals surface area contributed by atoms with Gasteiger partial charge in [0.2, 0.25) is 0 Å². The lowest BCUT2D eigenvalue weighted by Gasteiger charge is -2.32. The molecule has 196 valence electrons. The van der Waals surface area contributed by atoms with Crippen LogP contribution in [0.5, 0.6) is 5.75 Å². The van der Waals surface area contributed by atoms with Crippen molar-refractivity contribution in [2.45, 2.75) is 83.0 Å². The van der Waals surface area contributed by atoms with E-state index in [2.05, 4.69) is 31.6 Å². The van der Waals surface area contributed by atoms with Crippen molar-refractivity contribution in [2.75, 3.05) is 13.2 Å². The van der Waals surface area contributed by atoms with E-state index in [1.54, 1.807) is 6.07 Å². The number of hydrogen-bond acceptors (Lipinski definition) is 6. The number of carbonyl (C=O) groups is 1. The van der Waals surface area contributed by atoms with Gasteiger partial charge in [-0.05, 0) is 54.0 Å². The molecule has 0 spiro atoms. The summed E-state index contributed by atoms with van der Waals surface area (Å²) in [6.45, 7) is 11.7. The Morgan fingerprint density at radius 1 is 1.11 bits per heavy atom. The van der Waals surface area contributed by atoms with Gasteiger partial charge in [0.15, 0.2) is 0 Å². The minimum atomic E-state index is -3.90. The second-order valence-electron chi connectivity index (χ2n) is 9.89. The molecule has 0 aliphatic heterocycles. The van der Waals surface area contributed by atoms with Crippen molar-refractivity contribution >= 4 is 27.3 Å². The van der Waals surface area contributed by atoms with Crippen LogP contribution in [0.15, 0.2) is 34.5 Å². The summed E-state index contributed by atoms with van der Waals surface area (Å²) in [6.07, 6.45) is 2.69. The summed E-state index contributed by atoms with van der Waals surface area (Å²) in [4.78, 5) is 11.7. The van der Waals surface area contributed by atoms with Crippen molar-refractivity contribution in [1.82, 2.24) is 4.72 Å². The zero-order chi connectivity index (χ0) is 26.4. The van der Waals surface area contributed by atoms with E-state index in [1.165, 1.54) is 11.3 Å². The Kier molecular flexibility index (Phi) is 9.93. The van der Waals surface area contributed by atoms with Gasteiger partial charge < -0.3 is 14.9 Å². The molecular formula is C26H39NO6S2. The molecule has 0 saturated heterocycles. The van der Waals surface area contributed by atoms with Crippen molar-refractivity contribution in [3.8, 4) is 5.75 Å². The topological polar surface area (TPSA) is 113 Å². The van der Waals surface area contributed by atoms with Gasteiger partial charge in [0, 0.05) is 10.3 Å². The Morgan fingerprint density at radius 2 is 1.77 bits per heavy atom. The van der Waals surface area contributed by atoms with E-state index in [9.17, 15) is 18.3 Å². The minimum absolute atomic E-state index is 0.102. The predicted molar refractivity (Wildman–Crippen MR) is 140 cm³/mol. The summed E-state index contributed by atoms with van der Waals surface area (Å²) in [5.74, 6) is -0.477. The number of sulfonamides is 1. The fourth-order valence-electron chi connectivity index (χ4n) is 4.00. The van der Waals surface area contributed by atoms with E-state index >= 15 is 0 Å². The average Bonchev–Trinajstić information content (AvgIpc) is 3.29. The number of aliphatic hydroxyl groups is 1. The van der Waals surface area contributed by atoms with Crippen LogP contribution < -0.4 is 9.46 Å². The highest BCUT2D eigenvalue weighted by atomic mass is 32.2. The summed E-state index contributed by atoms with van der Waals surface area (Å²) in [5.41, 5.74) is 1.47. The monoisotopic (exact) mass is 525 g/mol. The fourth-order valence-corrected chi connectivity index (χ4v) is 6.68. The van der Waals surface area contributed by atoms with Crippen molar-refractivity contribution in [3.05, 3.63) is 46.3 Å². The lowest BCUT2D eigenvalue weighted by molar-refractivity contribution is -0.135. The number of thiophene rings is 1. The highest BCUT2D eigenvalue weighted by molar-refractivity contribution is 7.91. The molecule has 1 aromatic heterocycles. The molecule has 1 heterocycles. The van der Waals surface area contributed by atoms with Crippen LogP contribution in [-0.2, 0) is 26.7 Å². The quantitative estimate of drug-likeness (QED) is 0.341. The average molecular weight is 526 g/mol. The van der Waals surface area contributed by atoms with Crippen LogP contribution in [0.3, 0.4) is 0 Å². The first kappa shape index (κ1) is 29.3. The first-order valence-electron chi connectivity index (χ1n) is 12.1. The first-order chi connectivity index (χ1) is 16.3. The Balaban J connectivity index is 2.44. The van der Waals surface area contributed by atoms with Crippen LogP contribution in [0.2, 0.25) is 0 Å². The van der Waals surface area contributed by atoms with E-state index in [-0.39, 0.29) is 16.2 Å². The van der Waals surface area contributed by atoms with Crippen LogP contribution in [0, 0.1) is 5.41 Å². The third-order valence-electron chi connectivity index (χ3n) is 6.47. The van der Waals surface area contributed by atoms with E-state index < -0.39 is 34.1 Å². The van der Waals surface area contributed by atoms with Gasteiger partial charge in [0.1, 0.15) is 23.1 Å². The van der Waals surface area contributed by atoms with Gasteiger partial charge in [0.25, 0.3) is 10.0 Å². The molecular weight excluding hydrogens is 486 g/mol. The fraction of sp³-hybridized carbons (Fsp3) is 0.577. The third kappa shape index (κ3) is 7.06. The molecule has 2 aromatic rings. The lowest BCUT2D eigenvalue weighted by Crippen LogP contribution is -2.32. The zero-order valence-corrected chi connectivity index (χ0v) is 23.2. The second-order valence-corrected chi connectivity index (χ2v) is 13.0. The molecule has 0 radical (unpaired) electrons. The molecule has 1 unspecified atom stereocenters. The highest BCUT2D eigenvalue weighted by Crippen LogP contribution is 2.44. The second kappa shape index (κ2) is 11.9. The Bertz CT molecular complexity index is 1100. The molecule has 0 saturated carbocycles. The zero-order valence-electron chi connectivity index (χ0n) is 21.6. The number of hydrogen-bond donors (Lipinski definition) is 3. The summed E-state index contributed by atoms with van der Waals surface area (Å²) >= 11 is 1.18. The molecule has 7 nitrogen and oxygen atoms in total. The summed E-state index contributed by atoms with van der Waals surface area (Å²) in [5, 5.41) is 19.2. The smallest absolute Gasteiger partial charge is 0.318 e. The van der Waals surface area contributed by atoms with Crippen LogP contribution in [0.1, 0.15) is 76.8 Å². The Hall–Kier alpha value is -1.94.